The molecule has 20 heavy (non-hydrogen) atoms. The molecule has 0 unspecified atom stereocenters. The number of amides is 1. The minimum absolute atomic E-state index is 0.00684. The monoisotopic (exact) mass is 300 g/mol. The van der Waals surface area contributed by atoms with Crippen molar-refractivity contribution in [2.75, 3.05) is 12.4 Å². The van der Waals surface area contributed by atoms with Crippen LogP contribution in [0.25, 0.3) is 0 Å². The number of carbonyl (C=O) groups is 1. The fourth-order valence-electron chi connectivity index (χ4n) is 2.62. The van der Waals surface area contributed by atoms with E-state index in [1.54, 1.807) is 4.90 Å². The minimum Gasteiger partial charge on any atom is -0.395 e. The number of rotatable bonds is 5. The number of alkyl halides is 1. The summed E-state index contributed by atoms with van der Waals surface area (Å²) in [4.78, 5) is 24.1. The lowest BCUT2D eigenvalue weighted by molar-refractivity contribution is -0.402. The molecule has 1 heterocycles. The van der Waals surface area contributed by atoms with Crippen LogP contribution in [0.4, 0.5) is 5.88 Å². The fourth-order valence-corrected chi connectivity index (χ4v) is 2.80. The Balaban J connectivity index is 2.14. The van der Waals surface area contributed by atoms with Gasteiger partial charge < -0.3 is 9.32 Å². The summed E-state index contributed by atoms with van der Waals surface area (Å²) in [6.45, 7) is 0.430. The van der Waals surface area contributed by atoms with Gasteiger partial charge in [-0.2, -0.15) is 0 Å². The zero-order valence-electron chi connectivity index (χ0n) is 11.1. The third kappa shape index (κ3) is 3.30. The van der Waals surface area contributed by atoms with E-state index in [4.69, 9.17) is 16.0 Å². The summed E-state index contributed by atoms with van der Waals surface area (Å²) < 4.78 is 4.99. The Morgan fingerprint density at radius 3 is 2.65 bits per heavy atom. The Hall–Kier alpha value is -1.56. The van der Waals surface area contributed by atoms with Crippen LogP contribution in [0.5, 0.6) is 0 Å². The highest BCUT2D eigenvalue weighted by atomic mass is 35.5. The molecule has 0 radical (unpaired) electrons. The molecule has 110 valence electrons. The molecule has 0 aromatic carbocycles. The molecule has 0 atom stereocenters. The molecule has 7 heteroatoms. The lowest BCUT2D eigenvalue weighted by atomic mass is 9.94. The van der Waals surface area contributed by atoms with Crippen molar-refractivity contribution in [3.63, 3.8) is 0 Å². The quantitative estimate of drug-likeness (QED) is 0.475. The highest BCUT2D eigenvalue weighted by molar-refractivity contribution is 6.18. The van der Waals surface area contributed by atoms with E-state index in [0.717, 1.165) is 25.7 Å². The summed E-state index contributed by atoms with van der Waals surface area (Å²) in [5.41, 5.74) is 0. The molecule has 0 N–H and O–H groups in total. The molecule has 0 aliphatic heterocycles. The van der Waals surface area contributed by atoms with Gasteiger partial charge in [0.1, 0.15) is 4.92 Å². The molecule has 1 aromatic heterocycles. The van der Waals surface area contributed by atoms with E-state index in [0.29, 0.717) is 12.4 Å². The Morgan fingerprint density at radius 2 is 2.10 bits per heavy atom. The molecule has 1 amide bonds. The molecule has 0 saturated heterocycles. The average Bonchev–Trinajstić information content (AvgIpc) is 2.95. The number of hydrogen-bond donors (Lipinski definition) is 0. The standard InChI is InChI=1S/C13H17ClN2O4/c14-8-9-15(10-4-2-1-3-5-10)13(17)11-6-7-12(20-11)16(18)19/h6-7,10H,1-5,8-9H2. The summed E-state index contributed by atoms with van der Waals surface area (Å²) in [6.07, 6.45) is 5.27. The first kappa shape index (κ1) is 14.8. The van der Waals surface area contributed by atoms with Crippen LogP contribution >= 0.6 is 11.6 Å². The summed E-state index contributed by atoms with van der Waals surface area (Å²) in [5, 5.41) is 10.6. The van der Waals surface area contributed by atoms with Gasteiger partial charge in [0.05, 0.1) is 6.07 Å². The SMILES string of the molecule is O=C(c1ccc([N+](=O)[O-])o1)N(CCCl)C1CCCCC1. The third-order valence-electron chi connectivity index (χ3n) is 3.58. The van der Waals surface area contributed by atoms with Crippen molar-refractivity contribution in [3.05, 3.63) is 28.0 Å². The van der Waals surface area contributed by atoms with E-state index in [-0.39, 0.29) is 17.7 Å². The van der Waals surface area contributed by atoms with Crippen molar-refractivity contribution >= 4 is 23.4 Å². The number of carbonyl (C=O) groups excluding carboxylic acids is 1. The molecular formula is C13H17ClN2O4. The number of nitro groups is 1. The lowest BCUT2D eigenvalue weighted by Gasteiger charge is -2.33. The van der Waals surface area contributed by atoms with Crippen molar-refractivity contribution in [1.29, 1.82) is 0 Å². The van der Waals surface area contributed by atoms with Crippen molar-refractivity contribution in [3.8, 4) is 0 Å². The van der Waals surface area contributed by atoms with Crippen LogP contribution in [0.15, 0.2) is 16.5 Å². The first-order valence-corrected chi connectivity index (χ1v) is 7.28. The van der Waals surface area contributed by atoms with Crippen molar-refractivity contribution in [2.45, 2.75) is 38.1 Å². The van der Waals surface area contributed by atoms with Gasteiger partial charge in [-0.25, -0.2) is 0 Å². The van der Waals surface area contributed by atoms with E-state index < -0.39 is 10.8 Å². The second-order valence-corrected chi connectivity index (χ2v) is 5.25. The number of hydrogen-bond acceptors (Lipinski definition) is 4. The number of nitrogens with zero attached hydrogens (tertiary/aromatic N) is 2. The highest BCUT2D eigenvalue weighted by Crippen LogP contribution is 2.25. The summed E-state index contributed by atoms with van der Waals surface area (Å²) in [7, 11) is 0. The summed E-state index contributed by atoms with van der Waals surface area (Å²) in [6, 6.07) is 2.71. The normalized spacial score (nSPS) is 16.1. The summed E-state index contributed by atoms with van der Waals surface area (Å²) in [5.74, 6) is -0.383. The largest absolute Gasteiger partial charge is 0.433 e. The second kappa shape index (κ2) is 6.74. The first-order valence-electron chi connectivity index (χ1n) is 6.74. The Morgan fingerprint density at radius 1 is 1.40 bits per heavy atom. The molecule has 1 saturated carbocycles. The highest BCUT2D eigenvalue weighted by Gasteiger charge is 2.28. The van der Waals surface area contributed by atoms with E-state index in [1.807, 2.05) is 0 Å². The van der Waals surface area contributed by atoms with Crippen LogP contribution < -0.4 is 0 Å². The van der Waals surface area contributed by atoms with Gasteiger partial charge in [0, 0.05) is 18.5 Å². The van der Waals surface area contributed by atoms with E-state index in [2.05, 4.69) is 0 Å². The van der Waals surface area contributed by atoms with Gasteiger partial charge in [0.15, 0.2) is 5.76 Å². The summed E-state index contributed by atoms with van der Waals surface area (Å²) >= 11 is 5.77. The maximum Gasteiger partial charge on any atom is 0.433 e. The smallest absolute Gasteiger partial charge is 0.395 e. The molecule has 1 fully saturated rings. The van der Waals surface area contributed by atoms with Gasteiger partial charge in [-0.1, -0.05) is 19.3 Å². The number of furan rings is 1. The van der Waals surface area contributed by atoms with Crippen LogP contribution in [-0.2, 0) is 0 Å². The van der Waals surface area contributed by atoms with E-state index in [1.165, 1.54) is 18.6 Å². The van der Waals surface area contributed by atoms with Gasteiger partial charge in [-0.15, -0.1) is 11.6 Å². The predicted molar refractivity (Wildman–Crippen MR) is 74.0 cm³/mol. The molecule has 0 bridgehead atoms. The molecule has 1 aromatic rings. The fraction of sp³-hybridized carbons (Fsp3) is 0.615. The minimum atomic E-state index is -0.650. The van der Waals surface area contributed by atoms with Crippen LogP contribution in [0.1, 0.15) is 42.7 Å². The van der Waals surface area contributed by atoms with Gasteiger partial charge in [0.25, 0.3) is 5.91 Å². The van der Waals surface area contributed by atoms with E-state index in [9.17, 15) is 14.9 Å². The van der Waals surface area contributed by atoms with Crippen LogP contribution in [-0.4, -0.2) is 34.2 Å². The zero-order valence-corrected chi connectivity index (χ0v) is 11.8. The van der Waals surface area contributed by atoms with Gasteiger partial charge >= 0.3 is 5.88 Å². The topological polar surface area (TPSA) is 76.6 Å². The second-order valence-electron chi connectivity index (χ2n) is 4.87. The Bertz CT molecular complexity index is 482. The lowest BCUT2D eigenvalue weighted by Crippen LogP contribution is -2.42. The van der Waals surface area contributed by atoms with Crippen molar-refractivity contribution in [2.24, 2.45) is 0 Å². The molecular weight excluding hydrogens is 284 g/mol. The van der Waals surface area contributed by atoms with Gasteiger partial charge in [-0.05, 0) is 18.9 Å². The number of halogens is 1. The molecule has 1 aliphatic rings. The molecule has 6 nitrogen and oxygen atoms in total. The van der Waals surface area contributed by atoms with Crippen LogP contribution in [0.2, 0.25) is 0 Å². The Labute approximate surface area is 121 Å². The maximum absolute atomic E-state index is 12.4. The van der Waals surface area contributed by atoms with Crippen LogP contribution in [0.3, 0.4) is 0 Å². The van der Waals surface area contributed by atoms with E-state index >= 15 is 0 Å². The third-order valence-corrected chi connectivity index (χ3v) is 3.75. The predicted octanol–water partition coefficient (Wildman–Crippen LogP) is 3.20. The molecule has 0 spiro atoms. The van der Waals surface area contributed by atoms with Crippen molar-refractivity contribution in [1.82, 2.24) is 4.90 Å². The first-order chi connectivity index (χ1) is 9.63. The Kier molecular flexibility index (Phi) is 5.00. The average molecular weight is 301 g/mol. The van der Waals surface area contributed by atoms with Crippen LogP contribution in [0, 0.1) is 10.1 Å². The van der Waals surface area contributed by atoms with Crippen molar-refractivity contribution < 1.29 is 14.1 Å². The zero-order chi connectivity index (χ0) is 14.5. The molecule has 1 aliphatic carbocycles. The molecule has 2 rings (SSSR count). The maximum atomic E-state index is 12.4. The van der Waals surface area contributed by atoms with Gasteiger partial charge in [-0.3, -0.25) is 14.9 Å². The van der Waals surface area contributed by atoms with Gasteiger partial charge in [0.2, 0.25) is 0 Å².